The van der Waals surface area contributed by atoms with Crippen molar-refractivity contribution in [1.82, 2.24) is 14.5 Å². The number of nitrogens with zero attached hydrogens (tertiary/aromatic N) is 5. The van der Waals surface area contributed by atoms with Crippen molar-refractivity contribution in [3.63, 3.8) is 0 Å². The number of hydrogen-bond acceptors (Lipinski definition) is 6. The van der Waals surface area contributed by atoms with Crippen LogP contribution in [0.25, 0.3) is 29.1 Å². The minimum Gasteiger partial charge on any atom is -0.711 e. The molecule has 0 aliphatic heterocycles. The highest BCUT2D eigenvalue weighted by Gasteiger charge is 2.23. The first-order valence-corrected chi connectivity index (χ1v) is 11.2. The predicted molar refractivity (Wildman–Crippen MR) is 127 cm³/mol. The number of methoxy groups -OCH3 is 1. The monoisotopic (exact) mass is 453 g/mol. The lowest BCUT2D eigenvalue weighted by molar-refractivity contribution is -0.579. The van der Waals surface area contributed by atoms with E-state index in [4.69, 9.17) is 14.7 Å². The van der Waals surface area contributed by atoms with Crippen LogP contribution in [0.2, 0.25) is 0 Å². The molecule has 5 rings (SSSR count). The van der Waals surface area contributed by atoms with Crippen LogP contribution in [0.1, 0.15) is 42.6 Å². The summed E-state index contributed by atoms with van der Waals surface area (Å²) in [7, 11) is 1.63. The van der Waals surface area contributed by atoms with Gasteiger partial charge >= 0.3 is 5.65 Å². The Kier molecular flexibility index (Phi) is 5.83. The summed E-state index contributed by atoms with van der Waals surface area (Å²) in [5, 5.41) is 21.7. The van der Waals surface area contributed by atoms with Gasteiger partial charge in [0.15, 0.2) is 17.0 Å². The van der Waals surface area contributed by atoms with E-state index in [1.165, 1.54) is 25.2 Å². The Balaban J connectivity index is 1.60. The third-order valence-corrected chi connectivity index (χ3v) is 5.92. The van der Waals surface area contributed by atoms with Crippen LogP contribution in [0, 0.1) is 16.5 Å². The SMILES string of the molecule is COc1cccc(C=Cc2nc3ccc[n+]([O-])c3n2-c2ccc(C#N)cn2)c1OC1CCCC1. The number of para-hydroxylation sites is 1. The van der Waals surface area contributed by atoms with Crippen molar-refractivity contribution in [2.45, 2.75) is 31.8 Å². The van der Waals surface area contributed by atoms with E-state index in [-0.39, 0.29) is 6.10 Å². The number of pyridine rings is 2. The molecule has 0 unspecified atom stereocenters. The second-order valence-corrected chi connectivity index (χ2v) is 8.10. The first-order valence-electron chi connectivity index (χ1n) is 11.2. The fraction of sp³-hybridized carbons (Fsp3) is 0.231. The molecule has 0 radical (unpaired) electrons. The first-order chi connectivity index (χ1) is 16.7. The Morgan fingerprint density at radius 2 is 2.00 bits per heavy atom. The molecule has 4 aromatic rings. The smallest absolute Gasteiger partial charge is 0.319 e. The molecule has 0 saturated heterocycles. The molecule has 1 aliphatic rings. The number of ether oxygens (including phenoxy) is 2. The number of fused-ring (bicyclic) bond motifs is 1. The number of aromatic nitrogens is 4. The van der Waals surface area contributed by atoms with Gasteiger partial charge in [0, 0.05) is 23.9 Å². The lowest BCUT2D eigenvalue weighted by Gasteiger charge is -2.18. The summed E-state index contributed by atoms with van der Waals surface area (Å²) in [5.74, 6) is 2.39. The van der Waals surface area contributed by atoms with Gasteiger partial charge in [-0.05, 0) is 56.0 Å². The van der Waals surface area contributed by atoms with Gasteiger partial charge in [-0.15, -0.1) is 0 Å². The summed E-state index contributed by atoms with van der Waals surface area (Å²) in [6.07, 6.45) is 11.2. The molecule has 0 N–H and O–H groups in total. The number of rotatable bonds is 6. The molecule has 8 heteroatoms. The molecule has 170 valence electrons. The third kappa shape index (κ3) is 4.04. The van der Waals surface area contributed by atoms with Gasteiger partial charge in [0.05, 0.1) is 25.0 Å². The molecule has 0 atom stereocenters. The Hall–Kier alpha value is -4.38. The van der Waals surface area contributed by atoms with Gasteiger partial charge in [-0.25, -0.2) is 14.7 Å². The van der Waals surface area contributed by atoms with Gasteiger partial charge in [0.2, 0.25) is 11.6 Å². The molecule has 1 fully saturated rings. The lowest BCUT2D eigenvalue weighted by Crippen LogP contribution is -2.28. The summed E-state index contributed by atoms with van der Waals surface area (Å²) in [6, 6.07) is 14.6. The molecule has 1 saturated carbocycles. The minimum absolute atomic E-state index is 0.176. The molecule has 3 heterocycles. The van der Waals surface area contributed by atoms with Crippen LogP contribution in [-0.4, -0.2) is 27.7 Å². The average molecular weight is 454 g/mol. The van der Waals surface area contributed by atoms with Crippen molar-refractivity contribution in [1.29, 1.82) is 5.26 Å². The highest BCUT2D eigenvalue weighted by molar-refractivity contribution is 5.78. The van der Waals surface area contributed by atoms with Crippen LogP contribution in [0.4, 0.5) is 0 Å². The third-order valence-electron chi connectivity index (χ3n) is 5.92. The largest absolute Gasteiger partial charge is 0.711 e. The van der Waals surface area contributed by atoms with Crippen LogP contribution in [-0.2, 0) is 0 Å². The summed E-state index contributed by atoms with van der Waals surface area (Å²) in [4.78, 5) is 9.04. The number of hydrogen-bond donors (Lipinski definition) is 0. The van der Waals surface area contributed by atoms with Gasteiger partial charge in [0.1, 0.15) is 6.07 Å². The van der Waals surface area contributed by atoms with E-state index in [0.717, 1.165) is 23.1 Å². The highest BCUT2D eigenvalue weighted by Crippen LogP contribution is 2.36. The van der Waals surface area contributed by atoms with Gasteiger partial charge in [-0.2, -0.15) is 9.83 Å². The summed E-state index contributed by atoms with van der Waals surface area (Å²) < 4.78 is 14.3. The van der Waals surface area contributed by atoms with Crippen LogP contribution in [0.3, 0.4) is 0 Å². The second kappa shape index (κ2) is 9.24. The summed E-state index contributed by atoms with van der Waals surface area (Å²) >= 11 is 0. The van der Waals surface area contributed by atoms with Gasteiger partial charge in [0.25, 0.3) is 0 Å². The topological polar surface area (TPSA) is 99.9 Å². The van der Waals surface area contributed by atoms with E-state index in [1.54, 1.807) is 35.9 Å². The zero-order chi connectivity index (χ0) is 23.5. The van der Waals surface area contributed by atoms with Crippen molar-refractivity contribution >= 4 is 23.3 Å². The van der Waals surface area contributed by atoms with E-state index >= 15 is 0 Å². The van der Waals surface area contributed by atoms with E-state index in [1.807, 2.05) is 30.4 Å². The van der Waals surface area contributed by atoms with E-state index < -0.39 is 0 Å². The molecule has 0 spiro atoms. The molecule has 8 nitrogen and oxygen atoms in total. The maximum absolute atomic E-state index is 12.6. The minimum atomic E-state index is 0.176. The molecule has 1 aliphatic carbocycles. The molecule has 34 heavy (non-hydrogen) atoms. The van der Waals surface area contributed by atoms with E-state index in [0.29, 0.717) is 39.9 Å². The van der Waals surface area contributed by atoms with Crippen molar-refractivity contribution in [2.24, 2.45) is 0 Å². The Morgan fingerprint density at radius 3 is 2.74 bits per heavy atom. The Labute approximate surface area is 196 Å². The van der Waals surface area contributed by atoms with Crippen molar-refractivity contribution in [3.05, 3.63) is 77.0 Å². The quantitative estimate of drug-likeness (QED) is 0.316. The zero-order valence-electron chi connectivity index (χ0n) is 18.7. The summed E-state index contributed by atoms with van der Waals surface area (Å²) in [6.45, 7) is 0. The fourth-order valence-corrected chi connectivity index (χ4v) is 4.26. The zero-order valence-corrected chi connectivity index (χ0v) is 18.7. The highest BCUT2D eigenvalue weighted by atomic mass is 16.5. The number of benzene rings is 1. The normalized spacial score (nSPS) is 14.0. The standard InChI is InChI=1S/C26H23N5O3/c1-33-22-10-4-6-19(25(22)34-20-7-2-3-8-20)12-14-24-29-21-9-5-15-30(32)26(21)31(24)23-13-11-18(16-27)17-28-23/h4-6,9-15,17,20H,2-3,7-8H2,1H3. The fourth-order valence-electron chi connectivity index (χ4n) is 4.26. The van der Waals surface area contributed by atoms with Gasteiger partial charge < -0.3 is 14.7 Å². The maximum Gasteiger partial charge on any atom is 0.319 e. The number of nitriles is 1. The van der Waals surface area contributed by atoms with E-state index in [2.05, 4.69) is 16.0 Å². The molecule has 3 aromatic heterocycles. The summed E-state index contributed by atoms with van der Waals surface area (Å²) in [5.41, 5.74) is 2.18. The second-order valence-electron chi connectivity index (χ2n) is 8.10. The first kappa shape index (κ1) is 21.5. The Bertz CT molecular complexity index is 1400. The van der Waals surface area contributed by atoms with Crippen LogP contribution >= 0.6 is 0 Å². The lowest BCUT2D eigenvalue weighted by atomic mass is 10.1. The molecule has 0 bridgehead atoms. The maximum atomic E-state index is 12.6. The van der Waals surface area contributed by atoms with Crippen molar-refractivity contribution < 1.29 is 14.2 Å². The van der Waals surface area contributed by atoms with Gasteiger partial charge in [-0.1, -0.05) is 12.1 Å². The molecular formula is C26H23N5O3. The van der Waals surface area contributed by atoms with Crippen LogP contribution in [0.15, 0.2) is 54.9 Å². The van der Waals surface area contributed by atoms with Gasteiger partial charge in [-0.3, -0.25) is 0 Å². The number of imidazole rings is 1. The molecular weight excluding hydrogens is 430 g/mol. The van der Waals surface area contributed by atoms with E-state index in [9.17, 15) is 5.21 Å². The molecule has 1 aromatic carbocycles. The van der Waals surface area contributed by atoms with Crippen LogP contribution < -0.4 is 14.2 Å². The van der Waals surface area contributed by atoms with Crippen molar-refractivity contribution in [2.75, 3.05) is 7.11 Å². The molecule has 0 amide bonds. The Morgan fingerprint density at radius 1 is 1.15 bits per heavy atom. The van der Waals surface area contributed by atoms with Crippen LogP contribution in [0.5, 0.6) is 11.5 Å². The van der Waals surface area contributed by atoms with Crippen molar-refractivity contribution in [3.8, 4) is 23.4 Å². The predicted octanol–water partition coefficient (Wildman–Crippen LogP) is 4.43. The average Bonchev–Trinajstić information content (AvgIpc) is 3.51.